The zero-order valence-corrected chi connectivity index (χ0v) is 18.2. The third kappa shape index (κ3) is 3.59. The summed E-state index contributed by atoms with van der Waals surface area (Å²) in [6, 6.07) is 4.11. The Balaban J connectivity index is 1.93. The number of amides is 1. The van der Waals surface area contributed by atoms with Crippen molar-refractivity contribution in [1.29, 1.82) is 0 Å². The van der Waals surface area contributed by atoms with Gasteiger partial charge < -0.3 is 15.4 Å². The Kier molecular flexibility index (Phi) is 5.58. The fraction of sp³-hybridized carbons (Fsp3) is 0.318. The number of ether oxygens (including phenoxy) is 1. The van der Waals surface area contributed by atoms with Crippen LogP contribution < -0.4 is 21.1 Å². The molecule has 2 atom stereocenters. The summed E-state index contributed by atoms with van der Waals surface area (Å²) >= 11 is 0. The average molecular weight is 455 g/mol. The van der Waals surface area contributed by atoms with Crippen molar-refractivity contribution in [3.8, 4) is 0 Å². The van der Waals surface area contributed by atoms with E-state index in [1.807, 2.05) is 0 Å². The maximum atomic E-state index is 14.9. The van der Waals surface area contributed by atoms with Crippen LogP contribution in [0.4, 0.5) is 10.1 Å². The largest absolute Gasteiger partial charge is 0.462 e. The molecule has 1 saturated heterocycles. The molecule has 3 aromatic rings. The maximum absolute atomic E-state index is 14.9. The van der Waals surface area contributed by atoms with Gasteiger partial charge in [0.25, 0.3) is 0 Å². The second kappa shape index (κ2) is 8.24. The summed E-state index contributed by atoms with van der Waals surface area (Å²) in [5.74, 6) is -1.88. The van der Waals surface area contributed by atoms with Gasteiger partial charge in [0.15, 0.2) is 5.65 Å². The van der Waals surface area contributed by atoms with Gasteiger partial charge in [-0.25, -0.2) is 18.8 Å². The van der Waals surface area contributed by atoms with Crippen molar-refractivity contribution in [3.05, 3.63) is 46.0 Å². The van der Waals surface area contributed by atoms with Gasteiger partial charge in [0.1, 0.15) is 17.2 Å². The summed E-state index contributed by atoms with van der Waals surface area (Å²) in [6.45, 7) is 3.40. The third-order valence-corrected chi connectivity index (χ3v) is 5.81. The number of Topliss-reactive ketones (excluding diaryl/α,β-unsaturated/α-hetero) is 1. The molecule has 1 aliphatic heterocycles. The van der Waals surface area contributed by atoms with Crippen LogP contribution in [0.2, 0.25) is 0 Å². The molecule has 2 aromatic heterocycles. The van der Waals surface area contributed by atoms with Gasteiger partial charge in [-0.15, -0.1) is 0 Å². The smallest absolute Gasteiger partial charge is 0.343 e. The minimum absolute atomic E-state index is 0.0196. The number of ketones is 1. The average Bonchev–Trinajstić information content (AvgIpc) is 2.77. The van der Waals surface area contributed by atoms with Crippen molar-refractivity contribution < 1.29 is 23.5 Å². The number of anilines is 1. The number of hydrogen-bond acceptors (Lipinski definition) is 8. The van der Waals surface area contributed by atoms with Crippen LogP contribution in [-0.4, -0.2) is 54.2 Å². The van der Waals surface area contributed by atoms with Gasteiger partial charge in [-0.05, 0) is 32.0 Å². The first kappa shape index (κ1) is 22.3. The monoisotopic (exact) mass is 455 g/mol. The standard InChI is InChI=1S/C22H22FN5O5/c1-4-33-22(32)15-9-28(26(3)10-29)21-13(19(15)31)5-12-6-16(23)18(7-17(12)25-21)27-8-14(11(2)30)20(27)24/h5-7,9-10,14,20H,4,8,24H2,1-3H3. The van der Waals surface area contributed by atoms with Crippen molar-refractivity contribution in [2.24, 2.45) is 11.7 Å². The molecule has 11 heteroatoms. The predicted octanol–water partition coefficient (Wildman–Crippen LogP) is 0.900. The molecular formula is C22H22FN5O5. The van der Waals surface area contributed by atoms with Crippen molar-refractivity contribution in [1.82, 2.24) is 9.66 Å². The number of hydrogen-bond donors (Lipinski definition) is 1. The molecule has 0 bridgehead atoms. The Hall–Kier alpha value is -3.86. The lowest BCUT2D eigenvalue weighted by Crippen LogP contribution is -2.64. The highest BCUT2D eigenvalue weighted by atomic mass is 19.1. The third-order valence-electron chi connectivity index (χ3n) is 5.81. The quantitative estimate of drug-likeness (QED) is 0.330. The number of fused-ring (bicyclic) bond motifs is 2. The fourth-order valence-electron chi connectivity index (χ4n) is 3.92. The van der Waals surface area contributed by atoms with Crippen LogP contribution >= 0.6 is 0 Å². The van der Waals surface area contributed by atoms with Crippen LogP contribution in [0, 0.1) is 11.7 Å². The first-order valence-corrected chi connectivity index (χ1v) is 10.3. The Labute approximate surface area is 187 Å². The number of benzene rings is 1. The molecule has 33 heavy (non-hydrogen) atoms. The molecule has 3 heterocycles. The number of nitrogens with two attached hydrogens (primary N) is 1. The van der Waals surface area contributed by atoms with E-state index in [1.165, 1.54) is 43.0 Å². The van der Waals surface area contributed by atoms with E-state index in [-0.39, 0.29) is 47.1 Å². The molecule has 4 rings (SSSR count). The van der Waals surface area contributed by atoms with E-state index in [0.29, 0.717) is 17.3 Å². The van der Waals surface area contributed by atoms with E-state index in [9.17, 15) is 23.6 Å². The Morgan fingerprint density at radius 1 is 1.36 bits per heavy atom. The zero-order chi connectivity index (χ0) is 24.0. The van der Waals surface area contributed by atoms with Crippen LogP contribution in [0.1, 0.15) is 24.2 Å². The number of carbonyl (C=O) groups excluding carboxylic acids is 3. The molecule has 2 unspecified atom stereocenters. The fourth-order valence-corrected chi connectivity index (χ4v) is 3.92. The highest BCUT2D eigenvalue weighted by Gasteiger charge is 2.40. The highest BCUT2D eigenvalue weighted by molar-refractivity contribution is 5.98. The van der Waals surface area contributed by atoms with Gasteiger partial charge in [-0.2, -0.15) is 0 Å². The van der Waals surface area contributed by atoms with Crippen LogP contribution in [0.5, 0.6) is 0 Å². The Bertz CT molecular complexity index is 1370. The lowest BCUT2D eigenvalue weighted by Gasteiger charge is -2.46. The normalized spacial score (nSPS) is 17.7. The van der Waals surface area contributed by atoms with Crippen molar-refractivity contribution in [2.75, 3.05) is 30.1 Å². The maximum Gasteiger partial charge on any atom is 0.343 e. The first-order valence-electron chi connectivity index (χ1n) is 10.3. The van der Waals surface area contributed by atoms with E-state index >= 15 is 0 Å². The number of aromatic nitrogens is 2. The minimum atomic E-state index is -0.842. The minimum Gasteiger partial charge on any atom is -0.462 e. The van der Waals surface area contributed by atoms with E-state index in [4.69, 9.17) is 10.5 Å². The molecule has 0 spiro atoms. The van der Waals surface area contributed by atoms with Crippen molar-refractivity contribution >= 4 is 45.8 Å². The van der Waals surface area contributed by atoms with Gasteiger partial charge >= 0.3 is 5.97 Å². The molecule has 1 fully saturated rings. The zero-order valence-electron chi connectivity index (χ0n) is 18.2. The van der Waals surface area contributed by atoms with Gasteiger partial charge in [-0.1, -0.05) is 0 Å². The van der Waals surface area contributed by atoms with Crippen molar-refractivity contribution in [3.63, 3.8) is 0 Å². The summed E-state index contributed by atoms with van der Waals surface area (Å²) < 4.78 is 21.1. The van der Waals surface area contributed by atoms with Gasteiger partial charge in [0.05, 0.1) is 35.3 Å². The molecule has 10 nitrogen and oxygen atoms in total. The summed E-state index contributed by atoms with van der Waals surface area (Å²) in [5, 5.41) is 1.45. The molecule has 2 N–H and O–H groups in total. The molecule has 0 radical (unpaired) electrons. The molecule has 1 aliphatic rings. The number of esters is 1. The summed E-state index contributed by atoms with van der Waals surface area (Å²) in [4.78, 5) is 54.4. The summed E-state index contributed by atoms with van der Waals surface area (Å²) in [6.07, 6.45) is 1.02. The van der Waals surface area contributed by atoms with E-state index in [0.717, 1.165) is 5.01 Å². The highest BCUT2D eigenvalue weighted by Crippen LogP contribution is 2.34. The van der Waals surface area contributed by atoms with E-state index in [1.54, 1.807) is 11.8 Å². The number of rotatable bonds is 6. The van der Waals surface area contributed by atoms with Gasteiger partial charge in [0.2, 0.25) is 11.8 Å². The number of halogens is 1. The Morgan fingerprint density at radius 2 is 2.09 bits per heavy atom. The van der Waals surface area contributed by atoms with Crippen LogP contribution in [0.3, 0.4) is 0 Å². The number of pyridine rings is 2. The summed E-state index contributed by atoms with van der Waals surface area (Å²) in [7, 11) is 1.43. The first-order chi connectivity index (χ1) is 15.7. The number of carbonyl (C=O) groups is 3. The van der Waals surface area contributed by atoms with Crippen LogP contribution in [0.15, 0.2) is 29.2 Å². The van der Waals surface area contributed by atoms with E-state index < -0.39 is 23.4 Å². The SMILES string of the molecule is CCOC(=O)c1cn(N(C)C=O)c2nc3cc(N4CC(C(C)=O)C4N)c(F)cc3cc2c1=O. The topological polar surface area (TPSA) is 128 Å². The molecule has 1 amide bonds. The molecule has 172 valence electrons. The van der Waals surface area contributed by atoms with E-state index in [2.05, 4.69) is 4.98 Å². The van der Waals surface area contributed by atoms with Gasteiger partial charge in [0, 0.05) is 25.2 Å². The number of nitrogens with zero attached hydrogens (tertiary/aromatic N) is 4. The second-order valence-corrected chi connectivity index (χ2v) is 7.83. The van der Waals surface area contributed by atoms with Crippen LogP contribution in [-0.2, 0) is 14.3 Å². The van der Waals surface area contributed by atoms with Crippen LogP contribution in [0.25, 0.3) is 21.9 Å². The molecule has 0 aliphatic carbocycles. The second-order valence-electron chi connectivity index (χ2n) is 7.83. The molecule has 0 saturated carbocycles. The molecule has 1 aromatic carbocycles. The van der Waals surface area contributed by atoms with Crippen molar-refractivity contribution in [2.45, 2.75) is 20.0 Å². The van der Waals surface area contributed by atoms with Gasteiger partial charge in [-0.3, -0.25) is 19.4 Å². The lowest BCUT2D eigenvalue weighted by atomic mass is 9.91. The molecular weight excluding hydrogens is 433 g/mol. The predicted molar refractivity (Wildman–Crippen MR) is 119 cm³/mol. The lowest BCUT2D eigenvalue weighted by molar-refractivity contribution is -0.122. The Morgan fingerprint density at radius 3 is 2.70 bits per heavy atom. The summed E-state index contributed by atoms with van der Waals surface area (Å²) in [5.41, 5.74) is 5.75.